The van der Waals surface area contributed by atoms with Crippen LogP contribution in [0.3, 0.4) is 0 Å². The van der Waals surface area contributed by atoms with Crippen LogP contribution in [0.25, 0.3) is 0 Å². The van der Waals surface area contributed by atoms with Gasteiger partial charge in [-0.2, -0.15) is 5.10 Å². The largest absolute Gasteiger partial charge is 0.337 e. The van der Waals surface area contributed by atoms with E-state index in [2.05, 4.69) is 15.5 Å². The minimum Gasteiger partial charge on any atom is -0.337 e. The van der Waals surface area contributed by atoms with Crippen molar-refractivity contribution in [1.29, 1.82) is 0 Å². The predicted octanol–water partition coefficient (Wildman–Crippen LogP) is 1.01. The molecule has 2 rings (SSSR count). The van der Waals surface area contributed by atoms with Gasteiger partial charge in [0.2, 0.25) is 0 Å². The third-order valence-electron chi connectivity index (χ3n) is 3.70. The lowest BCUT2D eigenvalue weighted by Crippen LogP contribution is -2.42. The zero-order valence-electron chi connectivity index (χ0n) is 10.4. The number of hydrogen-bond acceptors (Lipinski definition) is 3. The summed E-state index contributed by atoms with van der Waals surface area (Å²) in [6, 6.07) is 2.69. The summed E-state index contributed by atoms with van der Waals surface area (Å²) in [6.45, 7) is 0. The Balaban J connectivity index is 1.92. The van der Waals surface area contributed by atoms with Gasteiger partial charge in [0.25, 0.3) is 5.91 Å². The highest BCUT2D eigenvalue weighted by Crippen LogP contribution is 2.23. The average Bonchev–Trinajstić information content (AvgIpc) is 2.91. The van der Waals surface area contributed by atoms with Gasteiger partial charge in [0.1, 0.15) is 5.69 Å². The molecule has 0 aliphatic heterocycles. The molecule has 17 heavy (non-hydrogen) atoms. The first-order valence-electron chi connectivity index (χ1n) is 6.16. The monoisotopic (exact) mass is 236 g/mol. The number of rotatable bonds is 3. The predicted molar refractivity (Wildman–Crippen MR) is 65.8 cm³/mol. The van der Waals surface area contributed by atoms with Gasteiger partial charge < -0.3 is 10.2 Å². The molecule has 0 spiro atoms. The Kier molecular flexibility index (Phi) is 3.78. The number of aromatic nitrogens is 2. The molecule has 5 heteroatoms. The van der Waals surface area contributed by atoms with E-state index in [4.69, 9.17) is 0 Å². The second-order valence-corrected chi connectivity index (χ2v) is 4.68. The van der Waals surface area contributed by atoms with Gasteiger partial charge in [-0.3, -0.25) is 9.89 Å². The molecule has 94 valence electrons. The number of amides is 1. The molecule has 1 amide bonds. The number of H-pyrrole nitrogens is 1. The van der Waals surface area contributed by atoms with Crippen LogP contribution in [0, 0.1) is 0 Å². The number of carbonyl (C=O) groups is 1. The van der Waals surface area contributed by atoms with Crippen molar-refractivity contribution in [3.8, 4) is 0 Å². The van der Waals surface area contributed by atoms with Crippen molar-refractivity contribution in [3.05, 3.63) is 18.0 Å². The number of nitrogens with one attached hydrogen (secondary N) is 2. The number of carbonyl (C=O) groups excluding carboxylic acids is 1. The fourth-order valence-electron chi connectivity index (χ4n) is 2.48. The summed E-state index contributed by atoms with van der Waals surface area (Å²) < 4.78 is 0. The highest BCUT2D eigenvalue weighted by molar-refractivity contribution is 5.92. The standard InChI is InChI=1S/C12H20N4O/c1-13-9-3-5-10(6-4-9)16(2)12(17)11-7-8-14-15-11/h7-10,13H,3-6H2,1-2H3,(H,14,15). The summed E-state index contributed by atoms with van der Waals surface area (Å²) in [5.74, 6) is 0.0374. The zero-order chi connectivity index (χ0) is 12.3. The first-order chi connectivity index (χ1) is 8.22. The van der Waals surface area contributed by atoms with Gasteiger partial charge in [0.05, 0.1) is 0 Å². The molecule has 1 aromatic heterocycles. The van der Waals surface area contributed by atoms with E-state index in [0.29, 0.717) is 17.8 Å². The molecule has 1 aliphatic rings. The van der Waals surface area contributed by atoms with Crippen molar-refractivity contribution in [3.63, 3.8) is 0 Å². The summed E-state index contributed by atoms with van der Waals surface area (Å²) >= 11 is 0. The van der Waals surface area contributed by atoms with Crippen LogP contribution < -0.4 is 5.32 Å². The summed E-state index contributed by atoms with van der Waals surface area (Å²) in [5, 5.41) is 9.84. The van der Waals surface area contributed by atoms with Crippen LogP contribution in [-0.2, 0) is 0 Å². The highest BCUT2D eigenvalue weighted by Gasteiger charge is 2.26. The summed E-state index contributed by atoms with van der Waals surface area (Å²) in [6.07, 6.45) is 6.03. The van der Waals surface area contributed by atoms with Crippen LogP contribution in [-0.4, -0.2) is 47.2 Å². The maximum absolute atomic E-state index is 12.1. The fourth-order valence-corrected chi connectivity index (χ4v) is 2.48. The van der Waals surface area contributed by atoms with Gasteiger partial charge in [-0.05, 0) is 38.8 Å². The molecule has 1 heterocycles. The van der Waals surface area contributed by atoms with E-state index in [0.717, 1.165) is 25.7 Å². The van der Waals surface area contributed by atoms with Crippen molar-refractivity contribution in [1.82, 2.24) is 20.4 Å². The lowest BCUT2D eigenvalue weighted by atomic mass is 9.90. The van der Waals surface area contributed by atoms with Gasteiger partial charge in [-0.1, -0.05) is 0 Å². The number of aromatic amines is 1. The maximum atomic E-state index is 12.1. The Morgan fingerprint density at radius 2 is 2.18 bits per heavy atom. The van der Waals surface area contributed by atoms with E-state index in [9.17, 15) is 4.79 Å². The van der Waals surface area contributed by atoms with Crippen LogP contribution in [0.5, 0.6) is 0 Å². The van der Waals surface area contributed by atoms with E-state index < -0.39 is 0 Å². The Bertz CT molecular complexity index is 355. The maximum Gasteiger partial charge on any atom is 0.271 e. The highest BCUT2D eigenvalue weighted by atomic mass is 16.2. The molecule has 0 unspecified atom stereocenters. The van der Waals surface area contributed by atoms with Crippen molar-refractivity contribution in [2.75, 3.05) is 14.1 Å². The summed E-state index contributed by atoms with van der Waals surface area (Å²) in [5.41, 5.74) is 0.572. The van der Waals surface area contributed by atoms with Crippen LogP contribution in [0.1, 0.15) is 36.2 Å². The molecule has 1 aromatic rings. The van der Waals surface area contributed by atoms with Gasteiger partial charge >= 0.3 is 0 Å². The number of nitrogens with zero attached hydrogens (tertiary/aromatic N) is 2. The fraction of sp³-hybridized carbons (Fsp3) is 0.667. The number of hydrogen-bond donors (Lipinski definition) is 2. The second kappa shape index (κ2) is 5.31. The minimum absolute atomic E-state index is 0.0374. The molecule has 0 radical (unpaired) electrons. The molecule has 2 N–H and O–H groups in total. The van der Waals surface area contributed by atoms with Gasteiger partial charge in [-0.25, -0.2) is 0 Å². The quantitative estimate of drug-likeness (QED) is 0.823. The van der Waals surface area contributed by atoms with E-state index >= 15 is 0 Å². The first kappa shape index (κ1) is 12.1. The topological polar surface area (TPSA) is 61.0 Å². The van der Waals surface area contributed by atoms with Gasteiger partial charge in [0.15, 0.2) is 0 Å². The van der Waals surface area contributed by atoms with Crippen molar-refractivity contribution in [2.24, 2.45) is 0 Å². The van der Waals surface area contributed by atoms with Crippen molar-refractivity contribution < 1.29 is 4.79 Å². The van der Waals surface area contributed by atoms with Crippen molar-refractivity contribution in [2.45, 2.75) is 37.8 Å². The van der Waals surface area contributed by atoms with Crippen LogP contribution >= 0.6 is 0 Å². The second-order valence-electron chi connectivity index (χ2n) is 4.68. The van der Waals surface area contributed by atoms with Crippen molar-refractivity contribution >= 4 is 5.91 Å². The molecule has 5 nitrogen and oxygen atoms in total. The smallest absolute Gasteiger partial charge is 0.271 e. The van der Waals surface area contributed by atoms with Crippen LogP contribution in [0.2, 0.25) is 0 Å². The Hall–Kier alpha value is -1.36. The normalized spacial score (nSPS) is 24.6. The molecule has 1 aliphatic carbocycles. The summed E-state index contributed by atoms with van der Waals surface area (Å²) in [7, 11) is 3.89. The van der Waals surface area contributed by atoms with Gasteiger partial charge in [-0.15, -0.1) is 0 Å². The minimum atomic E-state index is 0.0374. The summed E-state index contributed by atoms with van der Waals surface area (Å²) in [4.78, 5) is 13.9. The van der Waals surface area contributed by atoms with E-state index in [1.807, 2.05) is 19.0 Å². The van der Waals surface area contributed by atoms with E-state index in [-0.39, 0.29) is 5.91 Å². The van der Waals surface area contributed by atoms with Gasteiger partial charge in [0, 0.05) is 25.3 Å². The molecule has 0 aromatic carbocycles. The molecule has 0 atom stereocenters. The van der Waals surface area contributed by atoms with Crippen LogP contribution in [0.15, 0.2) is 12.3 Å². The Labute approximate surface area is 102 Å². The third-order valence-corrected chi connectivity index (χ3v) is 3.70. The molecule has 1 fully saturated rings. The van der Waals surface area contributed by atoms with Crippen LogP contribution in [0.4, 0.5) is 0 Å². The SMILES string of the molecule is CNC1CCC(N(C)C(=O)c2ccn[nH]2)CC1. The Morgan fingerprint density at radius 1 is 1.47 bits per heavy atom. The lowest BCUT2D eigenvalue weighted by molar-refractivity contribution is 0.0680. The first-order valence-corrected chi connectivity index (χ1v) is 6.16. The average molecular weight is 236 g/mol. The molecular weight excluding hydrogens is 216 g/mol. The zero-order valence-corrected chi connectivity index (χ0v) is 10.4. The van der Waals surface area contributed by atoms with E-state index in [1.165, 1.54) is 0 Å². The molecule has 1 saturated carbocycles. The Morgan fingerprint density at radius 3 is 2.71 bits per heavy atom. The molecule has 0 saturated heterocycles. The molecular formula is C12H20N4O. The molecule has 0 bridgehead atoms. The lowest BCUT2D eigenvalue weighted by Gasteiger charge is -2.34. The van der Waals surface area contributed by atoms with E-state index in [1.54, 1.807) is 12.3 Å². The third kappa shape index (κ3) is 2.66.